The van der Waals surface area contributed by atoms with Crippen LogP contribution in [0.4, 0.5) is 39.8 Å². The Kier molecular flexibility index (Phi) is 13.3. The van der Waals surface area contributed by atoms with Gasteiger partial charge in [0.15, 0.2) is 5.69 Å². The molecule has 12 aromatic rings. The average molecular weight is 1160 g/mol. The molecule has 11 aromatic carbocycles. The summed E-state index contributed by atoms with van der Waals surface area (Å²) in [6.45, 7) is 35.8. The number of thiophene rings is 1. The normalized spacial score (nSPS) is 14.4. The minimum Gasteiger partial charge on any atom is -0.310 e. The summed E-state index contributed by atoms with van der Waals surface area (Å²) in [5.41, 5.74) is 25.8. The zero-order chi connectivity index (χ0) is 61.2. The molecule has 1 heterocycles. The second kappa shape index (κ2) is 20.7. The van der Waals surface area contributed by atoms with Gasteiger partial charge < -0.3 is 9.80 Å². The topological polar surface area (TPSA) is 10.8 Å². The highest BCUT2D eigenvalue weighted by Crippen LogP contribution is 2.68. The lowest BCUT2D eigenvalue weighted by atomic mass is 9.69. The molecule has 2 aliphatic rings. The molecule has 0 N–H and O–H groups in total. The number of hydrogen-bond acceptors (Lipinski definition) is 3. The van der Waals surface area contributed by atoms with Crippen molar-refractivity contribution in [2.45, 2.75) is 110 Å². The van der Waals surface area contributed by atoms with E-state index < -0.39 is 5.41 Å². The molecule has 1 unspecified atom stereocenters. The van der Waals surface area contributed by atoms with Crippen molar-refractivity contribution in [3.63, 3.8) is 0 Å². The van der Waals surface area contributed by atoms with Crippen LogP contribution in [0.15, 0.2) is 237 Å². The third-order valence-electron chi connectivity index (χ3n) is 18.7. The van der Waals surface area contributed by atoms with Crippen molar-refractivity contribution in [2.24, 2.45) is 0 Å². The third-order valence-corrected chi connectivity index (χ3v) is 19.8. The molecule has 0 bridgehead atoms. The molecule has 4 heteroatoms. The Labute approximate surface area is 525 Å². The predicted molar refractivity (Wildman–Crippen MR) is 377 cm³/mol. The molecule has 1 spiro atoms. The van der Waals surface area contributed by atoms with Gasteiger partial charge in [0.2, 0.25) is 0 Å². The van der Waals surface area contributed by atoms with Crippen molar-refractivity contribution in [3.8, 4) is 44.5 Å². The predicted octanol–water partition coefficient (Wildman–Crippen LogP) is 24.4. The summed E-state index contributed by atoms with van der Waals surface area (Å²) in [5.74, 6) is 0. The van der Waals surface area contributed by atoms with Gasteiger partial charge in [0, 0.05) is 54.2 Å². The smallest absolute Gasteiger partial charge is 0.187 e. The highest BCUT2D eigenvalue weighted by atomic mass is 32.1. The Hall–Kier alpha value is -9.27. The molecule has 1 atom stereocenters. The first-order chi connectivity index (χ1) is 42.1. The second-order valence-corrected chi connectivity index (χ2v) is 29.6. The van der Waals surface area contributed by atoms with Gasteiger partial charge >= 0.3 is 0 Å². The number of nitrogens with zero attached hydrogens (tertiary/aromatic N) is 3. The summed E-state index contributed by atoms with van der Waals surface area (Å²) < 4.78 is 2.47. The number of fused-ring (bicyclic) bond motifs is 14. The van der Waals surface area contributed by atoms with Crippen LogP contribution in [-0.2, 0) is 27.1 Å². The third kappa shape index (κ3) is 9.37. The van der Waals surface area contributed by atoms with E-state index in [2.05, 4.69) is 334 Å². The summed E-state index contributed by atoms with van der Waals surface area (Å²) in [5, 5.41) is 2.51. The second-order valence-electron chi connectivity index (χ2n) is 28.5. The van der Waals surface area contributed by atoms with E-state index in [1.54, 1.807) is 0 Å². The first kappa shape index (κ1) is 56.5. The van der Waals surface area contributed by atoms with Crippen molar-refractivity contribution in [3.05, 3.63) is 293 Å². The first-order valence-electron chi connectivity index (χ1n) is 31.1. The Morgan fingerprint density at radius 1 is 0.352 bits per heavy atom. The van der Waals surface area contributed by atoms with Crippen LogP contribution in [0.5, 0.6) is 0 Å². The number of rotatable bonds is 8. The van der Waals surface area contributed by atoms with Crippen LogP contribution in [0.1, 0.15) is 128 Å². The Morgan fingerprint density at radius 2 is 0.830 bits per heavy atom. The summed E-state index contributed by atoms with van der Waals surface area (Å²) >= 11 is 1.88. The van der Waals surface area contributed by atoms with E-state index in [1.807, 2.05) is 11.3 Å². The van der Waals surface area contributed by atoms with Crippen molar-refractivity contribution in [1.82, 2.24) is 0 Å². The highest BCUT2D eigenvalue weighted by Gasteiger charge is 2.54. The van der Waals surface area contributed by atoms with Crippen LogP contribution >= 0.6 is 11.3 Å². The maximum absolute atomic E-state index is 8.40. The average Bonchev–Trinajstić information content (AvgIpc) is 1.49. The van der Waals surface area contributed by atoms with E-state index in [1.165, 1.54) is 86.9 Å². The number of hydrogen-bond donors (Lipinski definition) is 0. The van der Waals surface area contributed by atoms with Crippen LogP contribution < -0.4 is 9.80 Å². The van der Waals surface area contributed by atoms with E-state index in [0.717, 1.165) is 56.4 Å². The first-order valence-corrected chi connectivity index (χ1v) is 31.9. The lowest BCUT2D eigenvalue weighted by Gasteiger charge is -2.34. The number of anilines is 6. The minimum absolute atomic E-state index is 0.0268. The molecule has 1 aromatic heterocycles. The standard InChI is InChI=1S/C84H75N3S/c1-80(2,3)57-32-28-53(29-33-57)55-20-18-22-64(48-55)86(62-41-36-59(37-42-62)82(7,8)9)66-45-46-68-73(51-66)84(71-26-16-14-24-67(71)70-50-61(85-13)40-47-72(70)84)79-77(68)74(52-76-78(79)69-25-15-17-27-75(69)88-76)87(63-43-38-60(39-44-63)83(10,11)12)65-23-19-21-56(49-65)54-30-34-58(35-31-54)81(4,5)6/h14-52H,1-12H3. The van der Waals surface area contributed by atoms with Gasteiger partial charge in [-0.25, -0.2) is 4.85 Å². The lowest BCUT2D eigenvalue weighted by molar-refractivity contribution is 0.590. The SMILES string of the molecule is [C-]#[N+]c1ccc2c(c1)-c1ccccc1C21c2cc(N(c3ccc(C(C)(C)C)cc3)c3cccc(-c4ccc(C(C)(C)C)cc4)c3)ccc2-c2c(N(c3ccc(C(C)(C)C)cc3)c3cccc(-c4ccc(C(C)(C)C)cc4)c3)cc3sc4ccccc4c3c21. The van der Waals surface area contributed by atoms with E-state index in [4.69, 9.17) is 6.57 Å². The van der Waals surface area contributed by atoms with Gasteiger partial charge in [-0.05, 0) is 184 Å². The molecule has 0 fully saturated rings. The maximum Gasteiger partial charge on any atom is 0.187 e. The zero-order valence-electron chi connectivity index (χ0n) is 52.8. The molecule has 0 amide bonds. The number of benzene rings is 11. The molecule has 0 saturated carbocycles. The van der Waals surface area contributed by atoms with Gasteiger partial charge in [-0.2, -0.15) is 0 Å². The van der Waals surface area contributed by atoms with Gasteiger partial charge in [0.1, 0.15) is 0 Å². The fourth-order valence-corrected chi connectivity index (χ4v) is 15.2. The van der Waals surface area contributed by atoms with Crippen LogP contribution in [0, 0.1) is 6.57 Å². The van der Waals surface area contributed by atoms with E-state index in [-0.39, 0.29) is 21.7 Å². The van der Waals surface area contributed by atoms with Gasteiger partial charge in [-0.15, -0.1) is 11.3 Å². The largest absolute Gasteiger partial charge is 0.310 e. The molecule has 14 rings (SSSR count). The Bertz CT molecular complexity index is 4760. The van der Waals surface area contributed by atoms with E-state index >= 15 is 0 Å². The van der Waals surface area contributed by atoms with Crippen LogP contribution in [0.2, 0.25) is 0 Å². The molecule has 432 valence electrons. The summed E-state index contributed by atoms with van der Waals surface area (Å²) in [4.78, 5) is 9.10. The minimum atomic E-state index is -0.817. The molecule has 0 radical (unpaired) electrons. The van der Waals surface area contributed by atoms with E-state index in [0.29, 0.717) is 5.69 Å². The molecule has 3 nitrogen and oxygen atoms in total. The van der Waals surface area contributed by atoms with Gasteiger partial charge in [-0.3, -0.25) is 0 Å². The summed E-state index contributed by atoms with van der Waals surface area (Å²) in [6.07, 6.45) is 0. The Balaban J connectivity index is 1.09. The van der Waals surface area contributed by atoms with E-state index in [9.17, 15) is 0 Å². The fourth-order valence-electron chi connectivity index (χ4n) is 14.0. The van der Waals surface area contributed by atoms with Crippen molar-refractivity contribution < 1.29 is 0 Å². The zero-order valence-corrected chi connectivity index (χ0v) is 53.6. The summed E-state index contributed by atoms with van der Waals surface area (Å²) in [6, 6.07) is 89.5. The quantitative estimate of drug-likeness (QED) is 0.140. The molecule has 0 aliphatic heterocycles. The van der Waals surface area contributed by atoms with Crippen molar-refractivity contribution in [2.75, 3.05) is 9.80 Å². The van der Waals surface area contributed by atoms with Gasteiger partial charge in [0.25, 0.3) is 0 Å². The lowest BCUT2D eigenvalue weighted by Crippen LogP contribution is -2.26. The summed E-state index contributed by atoms with van der Waals surface area (Å²) in [7, 11) is 0. The molecular weight excluding hydrogens is 1080 g/mol. The van der Waals surface area contributed by atoms with Crippen LogP contribution in [-0.4, -0.2) is 0 Å². The highest BCUT2D eigenvalue weighted by molar-refractivity contribution is 7.26. The van der Waals surface area contributed by atoms with Crippen LogP contribution in [0.3, 0.4) is 0 Å². The molecule has 0 saturated heterocycles. The molecule has 2 aliphatic carbocycles. The van der Waals surface area contributed by atoms with Gasteiger partial charge in [-0.1, -0.05) is 241 Å². The Morgan fingerprint density at radius 3 is 1.39 bits per heavy atom. The fraction of sp³-hybridized carbons (Fsp3) is 0.202. The molecular formula is C84H75N3S. The van der Waals surface area contributed by atoms with Crippen molar-refractivity contribution in [1.29, 1.82) is 0 Å². The maximum atomic E-state index is 8.40. The van der Waals surface area contributed by atoms with Crippen molar-refractivity contribution >= 4 is 71.3 Å². The molecule has 88 heavy (non-hydrogen) atoms. The van der Waals surface area contributed by atoms with Gasteiger partial charge in [0.05, 0.1) is 17.7 Å². The monoisotopic (exact) mass is 1160 g/mol. The van der Waals surface area contributed by atoms with Crippen LogP contribution in [0.25, 0.3) is 69.5 Å².